The molecule has 2 amide bonds. The highest BCUT2D eigenvalue weighted by atomic mass is 16.6. The van der Waals surface area contributed by atoms with E-state index in [2.05, 4.69) is 21.4 Å². The molecule has 2 aromatic heterocycles. The minimum absolute atomic E-state index is 0.0105. The lowest BCUT2D eigenvalue weighted by atomic mass is 9.93. The summed E-state index contributed by atoms with van der Waals surface area (Å²) in [6.45, 7) is 1.75. The zero-order valence-electron chi connectivity index (χ0n) is 17.0. The zero-order valence-corrected chi connectivity index (χ0v) is 17.0. The number of amides is 2. The third-order valence-electron chi connectivity index (χ3n) is 4.96. The average Bonchev–Trinajstić information content (AvgIpc) is 3.45. The van der Waals surface area contributed by atoms with Gasteiger partial charge in [-0.05, 0) is 44.0 Å². The summed E-state index contributed by atoms with van der Waals surface area (Å²) >= 11 is 0. The first-order valence-electron chi connectivity index (χ1n) is 9.78. The van der Waals surface area contributed by atoms with Crippen LogP contribution in [0.1, 0.15) is 50.8 Å². The summed E-state index contributed by atoms with van der Waals surface area (Å²) in [5.74, 6) is -0.404. The Kier molecular flexibility index (Phi) is 5.71. The molecule has 0 spiro atoms. The van der Waals surface area contributed by atoms with Crippen molar-refractivity contribution >= 4 is 28.9 Å². The van der Waals surface area contributed by atoms with Gasteiger partial charge in [0, 0.05) is 29.7 Å². The number of furan rings is 2. The molecule has 0 saturated carbocycles. The first kappa shape index (κ1) is 20.8. The van der Waals surface area contributed by atoms with Gasteiger partial charge in [-0.1, -0.05) is 0 Å². The van der Waals surface area contributed by atoms with E-state index in [1.54, 1.807) is 25.1 Å². The number of aryl methyl sites for hydroxylation is 1. The molecule has 3 N–H and O–H groups in total. The summed E-state index contributed by atoms with van der Waals surface area (Å²) in [6, 6.07) is 8.93. The van der Waals surface area contributed by atoms with Crippen molar-refractivity contribution in [1.82, 2.24) is 10.9 Å². The van der Waals surface area contributed by atoms with E-state index in [1.165, 1.54) is 24.5 Å². The van der Waals surface area contributed by atoms with Crippen LogP contribution in [0.2, 0.25) is 0 Å². The van der Waals surface area contributed by atoms with Crippen molar-refractivity contribution in [2.75, 3.05) is 5.43 Å². The molecule has 32 heavy (non-hydrogen) atoms. The number of anilines is 1. The molecule has 11 nitrogen and oxygen atoms in total. The fraction of sp³-hybridized carbons (Fsp3) is 0.190. The Balaban J connectivity index is 1.49. The highest BCUT2D eigenvalue weighted by Gasteiger charge is 2.28. The van der Waals surface area contributed by atoms with E-state index in [1.807, 2.05) is 0 Å². The second-order valence-corrected chi connectivity index (χ2v) is 7.07. The molecule has 164 valence electrons. The SMILES string of the molecule is Cc1c(C(=O)NNC(=O)c2ccco2)oc2c1/C(=N/Nc1ccc([N+](=O)[O-])cc1)CCC2. The maximum atomic E-state index is 12.6. The predicted octanol–water partition coefficient (Wildman–Crippen LogP) is 3.32. The quantitative estimate of drug-likeness (QED) is 0.409. The maximum Gasteiger partial charge on any atom is 0.305 e. The zero-order chi connectivity index (χ0) is 22.7. The number of carbonyl (C=O) groups is 2. The minimum Gasteiger partial charge on any atom is -0.459 e. The van der Waals surface area contributed by atoms with E-state index in [4.69, 9.17) is 8.83 Å². The number of nitrogens with zero attached hydrogens (tertiary/aromatic N) is 2. The molecule has 1 aliphatic carbocycles. The molecule has 0 fully saturated rings. The summed E-state index contributed by atoms with van der Waals surface area (Å²) in [4.78, 5) is 34.8. The van der Waals surface area contributed by atoms with E-state index in [-0.39, 0.29) is 17.2 Å². The second-order valence-electron chi connectivity index (χ2n) is 7.07. The molecule has 0 saturated heterocycles. The number of nitrogens with one attached hydrogen (secondary N) is 3. The van der Waals surface area contributed by atoms with Gasteiger partial charge in [-0.25, -0.2) is 0 Å². The lowest BCUT2D eigenvalue weighted by molar-refractivity contribution is -0.384. The Bertz CT molecular complexity index is 1190. The fourth-order valence-electron chi connectivity index (χ4n) is 3.43. The number of nitro benzene ring substituents is 1. The number of rotatable bonds is 5. The number of hydrogen-bond acceptors (Lipinski definition) is 8. The highest BCUT2D eigenvalue weighted by molar-refractivity contribution is 6.07. The standard InChI is InChI=1S/C21H19N5O6/c1-12-18-15(23-22-13-7-9-14(10-8-13)26(29)30)4-2-5-16(18)32-19(12)21(28)25-24-20(27)17-6-3-11-31-17/h3,6-11,22H,2,4-5H2,1H3,(H,24,27)(H,25,28)/b23-15+. The largest absolute Gasteiger partial charge is 0.459 e. The van der Waals surface area contributed by atoms with E-state index >= 15 is 0 Å². The molecule has 0 atom stereocenters. The third-order valence-corrected chi connectivity index (χ3v) is 4.96. The van der Waals surface area contributed by atoms with Gasteiger partial charge in [-0.3, -0.25) is 36.0 Å². The van der Waals surface area contributed by atoms with Crippen molar-refractivity contribution in [2.24, 2.45) is 5.10 Å². The van der Waals surface area contributed by atoms with Crippen molar-refractivity contribution in [2.45, 2.75) is 26.2 Å². The molecule has 1 aromatic carbocycles. The Hall–Kier alpha value is -4.41. The van der Waals surface area contributed by atoms with Gasteiger partial charge in [0.1, 0.15) is 5.76 Å². The van der Waals surface area contributed by atoms with Gasteiger partial charge in [-0.2, -0.15) is 5.10 Å². The van der Waals surface area contributed by atoms with Crippen molar-refractivity contribution in [3.8, 4) is 0 Å². The van der Waals surface area contributed by atoms with Crippen LogP contribution in [0.15, 0.2) is 56.6 Å². The summed E-state index contributed by atoms with van der Waals surface area (Å²) in [6.07, 6.45) is 3.46. The van der Waals surface area contributed by atoms with Crippen LogP contribution in [0.4, 0.5) is 11.4 Å². The van der Waals surface area contributed by atoms with E-state index in [9.17, 15) is 19.7 Å². The van der Waals surface area contributed by atoms with Crippen LogP contribution >= 0.6 is 0 Å². The molecular weight excluding hydrogens is 418 g/mol. The van der Waals surface area contributed by atoms with Crippen LogP contribution in [-0.2, 0) is 6.42 Å². The number of carbonyl (C=O) groups excluding carboxylic acids is 2. The first-order valence-corrected chi connectivity index (χ1v) is 9.78. The minimum atomic E-state index is -0.598. The Labute approximate surface area is 181 Å². The van der Waals surface area contributed by atoms with Crippen LogP contribution in [0.3, 0.4) is 0 Å². The smallest absolute Gasteiger partial charge is 0.305 e. The van der Waals surface area contributed by atoms with E-state index in [0.29, 0.717) is 35.6 Å². The topological polar surface area (TPSA) is 152 Å². The average molecular weight is 437 g/mol. The molecule has 2 heterocycles. The summed E-state index contributed by atoms with van der Waals surface area (Å²) in [5, 5.41) is 15.2. The van der Waals surface area contributed by atoms with Crippen LogP contribution in [0, 0.1) is 17.0 Å². The van der Waals surface area contributed by atoms with Gasteiger partial charge >= 0.3 is 11.8 Å². The molecule has 11 heteroatoms. The Morgan fingerprint density at radius 1 is 1.09 bits per heavy atom. The molecule has 0 unspecified atom stereocenters. The van der Waals surface area contributed by atoms with E-state index in [0.717, 1.165) is 12.0 Å². The van der Waals surface area contributed by atoms with Crippen molar-refractivity contribution in [3.05, 3.63) is 81.2 Å². The molecule has 1 aliphatic rings. The fourth-order valence-corrected chi connectivity index (χ4v) is 3.43. The van der Waals surface area contributed by atoms with Gasteiger partial charge in [-0.15, -0.1) is 0 Å². The van der Waals surface area contributed by atoms with Crippen LogP contribution < -0.4 is 16.3 Å². The number of hydrazone groups is 1. The van der Waals surface area contributed by atoms with Crippen molar-refractivity contribution < 1.29 is 23.3 Å². The van der Waals surface area contributed by atoms with Gasteiger partial charge in [0.15, 0.2) is 11.5 Å². The third kappa shape index (κ3) is 4.21. The summed E-state index contributed by atoms with van der Waals surface area (Å²) in [7, 11) is 0. The maximum absolute atomic E-state index is 12.6. The molecule has 0 bridgehead atoms. The lowest BCUT2D eigenvalue weighted by Crippen LogP contribution is -2.41. The molecule has 0 aliphatic heterocycles. The van der Waals surface area contributed by atoms with Gasteiger partial charge < -0.3 is 8.83 Å². The van der Waals surface area contributed by atoms with Crippen LogP contribution in [-0.4, -0.2) is 22.4 Å². The van der Waals surface area contributed by atoms with Gasteiger partial charge in [0.2, 0.25) is 0 Å². The predicted molar refractivity (Wildman–Crippen MR) is 113 cm³/mol. The Morgan fingerprint density at radius 3 is 2.53 bits per heavy atom. The Morgan fingerprint density at radius 2 is 1.84 bits per heavy atom. The summed E-state index contributed by atoms with van der Waals surface area (Å²) < 4.78 is 10.8. The number of fused-ring (bicyclic) bond motifs is 1. The number of hydrazine groups is 1. The lowest BCUT2D eigenvalue weighted by Gasteiger charge is -2.13. The van der Waals surface area contributed by atoms with Gasteiger partial charge in [0.05, 0.1) is 22.6 Å². The molecular formula is C21H19N5O6. The molecule has 4 rings (SSSR count). The summed E-state index contributed by atoms with van der Waals surface area (Å²) in [5.41, 5.74) is 10.1. The second kappa shape index (κ2) is 8.76. The number of hydrogen-bond donors (Lipinski definition) is 3. The normalized spacial score (nSPS) is 14.0. The molecule has 0 radical (unpaired) electrons. The van der Waals surface area contributed by atoms with Crippen molar-refractivity contribution in [1.29, 1.82) is 0 Å². The number of nitro groups is 1. The number of benzene rings is 1. The highest BCUT2D eigenvalue weighted by Crippen LogP contribution is 2.30. The first-order chi connectivity index (χ1) is 15.4. The monoisotopic (exact) mass is 437 g/mol. The van der Waals surface area contributed by atoms with E-state index < -0.39 is 16.7 Å². The molecule has 3 aromatic rings. The van der Waals surface area contributed by atoms with Gasteiger partial charge in [0.25, 0.3) is 5.69 Å². The van der Waals surface area contributed by atoms with Crippen LogP contribution in [0.5, 0.6) is 0 Å². The van der Waals surface area contributed by atoms with Crippen LogP contribution in [0.25, 0.3) is 0 Å². The van der Waals surface area contributed by atoms with Crippen molar-refractivity contribution in [3.63, 3.8) is 0 Å². The number of non-ortho nitro benzene ring substituents is 1.